The minimum Gasteiger partial charge on any atom is -0.363 e. The third-order valence-corrected chi connectivity index (χ3v) is 1.51. The summed E-state index contributed by atoms with van der Waals surface area (Å²) in [5, 5.41) is 0. The van der Waals surface area contributed by atoms with Crippen LogP contribution in [0, 0.1) is 0 Å². The Bertz CT molecular complexity index is 98.2. The Kier molecular flexibility index (Phi) is 0.899. The van der Waals surface area contributed by atoms with Gasteiger partial charge in [0.05, 0.1) is 6.61 Å². The van der Waals surface area contributed by atoms with Gasteiger partial charge in [0.15, 0.2) is 5.60 Å². The summed E-state index contributed by atoms with van der Waals surface area (Å²) >= 11 is 0. The average molecular weight is 122 g/mol. The molecule has 0 amide bonds. The molecule has 1 rings (SSSR count). The number of halogens is 2. The van der Waals surface area contributed by atoms with E-state index in [9.17, 15) is 8.78 Å². The van der Waals surface area contributed by atoms with E-state index in [4.69, 9.17) is 0 Å². The molecule has 0 spiro atoms. The van der Waals surface area contributed by atoms with Gasteiger partial charge in [0, 0.05) is 6.92 Å². The van der Waals surface area contributed by atoms with Crippen LogP contribution in [0.2, 0.25) is 0 Å². The van der Waals surface area contributed by atoms with Gasteiger partial charge >= 0.3 is 0 Å². The zero-order chi connectivity index (χ0) is 6.41. The molecule has 0 saturated carbocycles. The van der Waals surface area contributed by atoms with Crippen LogP contribution < -0.4 is 0 Å². The van der Waals surface area contributed by atoms with Crippen molar-refractivity contribution >= 4 is 0 Å². The van der Waals surface area contributed by atoms with Gasteiger partial charge in [-0.3, -0.25) is 0 Å². The Morgan fingerprint density at radius 3 is 2.00 bits per heavy atom. The molecule has 0 aromatic rings. The quantitative estimate of drug-likeness (QED) is 0.479. The van der Waals surface area contributed by atoms with Crippen LogP contribution in [-0.2, 0) is 4.74 Å². The highest BCUT2D eigenvalue weighted by Gasteiger charge is 2.57. The fraction of sp³-hybridized carbons (Fsp3) is 1.00. The van der Waals surface area contributed by atoms with E-state index < -0.39 is 11.5 Å². The Labute approximate surface area is 46.6 Å². The van der Waals surface area contributed by atoms with E-state index in [1.807, 2.05) is 0 Å². The minimum atomic E-state index is -2.67. The number of rotatable bonds is 1. The van der Waals surface area contributed by atoms with Gasteiger partial charge in [0.25, 0.3) is 5.92 Å². The van der Waals surface area contributed by atoms with Crippen molar-refractivity contribution in [1.82, 2.24) is 0 Å². The van der Waals surface area contributed by atoms with Crippen LogP contribution in [0.15, 0.2) is 0 Å². The maximum Gasteiger partial charge on any atom is 0.275 e. The van der Waals surface area contributed by atoms with E-state index >= 15 is 0 Å². The largest absolute Gasteiger partial charge is 0.363 e. The summed E-state index contributed by atoms with van der Waals surface area (Å²) in [7, 11) is 0. The lowest BCUT2D eigenvalue weighted by molar-refractivity contribution is -0.0500. The van der Waals surface area contributed by atoms with E-state index in [-0.39, 0.29) is 6.61 Å². The average Bonchev–Trinajstić information content (AvgIpc) is 2.16. The molecule has 1 unspecified atom stereocenters. The van der Waals surface area contributed by atoms with E-state index in [0.717, 1.165) is 6.92 Å². The van der Waals surface area contributed by atoms with Crippen LogP contribution in [0.1, 0.15) is 13.8 Å². The number of hydrogen-bond acceptors (Lipinski definition) is 1. The summed E-state index contributed by atoms with van der Waals surface area (Å²) in [5.74, 6) is -2.67. The predicted octanol–water partition coefficient (Wildman–Crippen LogP) is 1.43. The Balaban J connectivity index is 2.58. The first kappa shape index (κ1) is 5.95. The SMILES string of the molecule is CC(F)(F)C1(C)CO1. The van der Waals surface area contributed by atoms with Crippen LogP contribution in [0.5, 0.6) is 0 Å². The van der Waals surface area contributed by atoms with Crippen molar-refractivity contribution in [2.24, 2.45) is 0 Å². The molecule has 0 N–H and O–H groups in total. The Morgan fingerprint density at radius 2 is 2.00 bits per heavy atom. The minimum absolute atomic E-state index is 0.191. The van der Waals surface area contributed by atoms with E-state index in [2.05, 4.69) is 4.74 Å². The van der Waals surface area contributed by atoms with Crippen molar-refractivity contribution in [2.45, 2.75) is 25.4 Å². The fourth-order valence-corrected chi connectivity index (χ4v) is 0.362. The first-order valence-electron chi connectivity index (χ1n) is 2.47. The second kappa shape index (κ2) is 1.21. The molecular formula is C5H8F2O. The van der Waals surface area contributed by atoms with Gasteiger partial charge in [-0.15, -0.1) is 0 Å². The van der Waals surface area contributed by atoms with Crippen LogP contribution in [0.25, 0.3) is 0 Å². The van der Waals surface area contributed by atoms with Crippen molar-refractivity contribution in [3.05, 3.63) is 0 Å². The summed E-state index contributed by atoms with van der Waals surface area (Å²) < 4.78 is 28.8. The lowest BCUT2D eigenvalue weighted by atomic mass is 10.1. The topological polar surface area (TPSA) is 12.5 Å². The van der Waals surface area contributed by atoms with Crippen LogP contribution in [-0.4, -0.2) is 18.1 Å². The summed E-state index contributed by atoms with van der Waals surface area (Å²) in [4.78, 5) is 0. The highest BCUT2D eigenvalue weighted by atomic mass is 19.3. The van der Waals surface area contributed by atoms with Crippen LogP contribution >= 0.6 is 0 Å². The Morgan fingerprint density at radius 1 is 1.62 bits per heavy atom. The zero-order valence-corrected chi connectivity index (χ0v) is 4.87. The third kappa shape index (κ3) is 0.708. The fourth-order valence-electron chi connectivity index (χ4n) is 0.362. The van der Waals surface area contributed by atoms with Gasteiger partial charge in [-0.05, 0) is 6.92 Å². The molecule has 0 aromatic heterocycles. The molecule has 1 saturated heterocycles. The van der Waals surface area contributed by atoms with Gasteiger partial charge in [-0.1, -0.05) is 0 Å². The summed E-state index contributed by atoms with van der Waals surface area (Å²) in [6, 6.07) is 0. The summed E-state index contributed by atoms with van der Waals surface area (Å²) in [6.07, 6.45) is 0. The van der Waals surface area contributed by atoms with Gasteiger partial charge in [-0.25, -0.2) is 8.78 Å². The van der Waals surface area contributed by atoms with Gasteiger partial charge in [-0.2, -0.15) is 0 Å². The normalized spacial score (nSPS) is 37.5. The van der Waals surface area contributed by atoms with Crippen LogP contribution in [0.4, 0.5) is 8.78 Å². The molecule has 1 aliphatic heterocycles. The molecular weight excluding hydrogens is 114 g/mol. The van der Waals surface area contributed by atoms with Crippen LogP contribution in [0.3, 0.4) is 0 Å². The molecule has 3 heteroatoms. The lowest BCUT2D eigenvalue weighted by Gasteiger charge is -2.13. The first-order chi connectivity index (χ1) is 3.46. The summed E-state index contributed by atoms with van der Waals surface area (Å²) in [5.41, 5.74) is -1.15. The molecule has 8 heavy (non-hydrogen) atoms. The van der Waals surface area contributed by atoms with Gasteiger partial charge in [0.1, 0.15) is 0 Å². The van der Waals surface area contributed by atoms with E-state index in [1.54, 1.807) is 0 Å². The molecule has 0 aromatic carbocycles. The number of epoxide rings is 1. The molecule has 1 atom stereocenters. The highest BCUT2D eigenvalue weighted by molar-refractivity contribution is 4.97. The number of ether oxygens (including phenoxy) is 1. The zero-order valence-electron chi connectivity index (χ0n) is 4.87. The molecule has 1 aliphatic rings. The van der Waals surface area contributed by atoms with Gasteiger partial charge < -0.3 is 4.74 Å². The maximum absolute atomic E-state index is 12.2. The molecule has 48 valence electrons. The molecule has 1 heterocycles. The molecule has 1 fully saturated rings. The van der Waals surface area contributed by atoms with Crippen molar-refractivity contribution in [3.63, 3.8) is 0 Å². The monoisotopic (exact) mass is 122 g/mol. The lowest BCUT2D eigenvalue weighted by Crippen LogP contribution is -2.30. The summed E-state index contributed by atoms with van der Waals surface area (Å²) in [6.45, 7) is 2.48. The highest BCUT2D eigenvalue weighted by Crippen LogP contribution is 2.41. The molecule has 0 aliphatic carbocycles. The van der Waals surface area contributed by atoms with Crippen molar-refractivity contribution in [3.8, 4) is 0 Å². The van der Waals surface area contributed by atoms with E-state index in [1.165, 1.54) is 6.92 Å². The van der Waals surface area contributed by atoms with Crippen molar-refractivity contribution < 1.29 is 13.5 Å². The maximum atomic E-state index is 12.2. The first-order valence-corrected chi connectivity index (χ1v) is 2.47. The second-order valence-corrected chi connectivity index (χ2v) is 2.41. The standard InChI is InChI=1S/C5H8F2O/c1-4(3-8-4)5(2,6)7/h3H2,1-2H3. The number of alkyl halides is 2. The smallest absolute Gasteiger partial charge is 0.275 e. The molecule has 0 bridgehead atoms. The van der Waals surface area contributed by atoms with Crippen molar-refractivity contribution in [2.75, 3.05) is 6.61 Å². The predicted molar refractivity (Wildman–Crippen MR) is 25.0 cm³/mol. The van der Waals surface area contributed by atoms with Gasteiger partial charge in [0.2, 0.25) is 0 Å². The molecule has 0 radical (unpaired) electrons. The third-order valence-electron chi connectivity index (χ3n) is 1.51. The Hall–Kier alpha value is -0.180. The molecule has 1 nitrogen and oxygen atoms in total. The van der Waals surface area contributed by atoms with E-state index in [0.29, 0.717) is 0 Å². The number of hydrogen-bond donors (Lipinski definition) is 0. The second-order valence-electron chi connectivity index (χ2n) is 2.41. The van der Waals surface area contributed by atoms with Crippen molar-refractivity contribution in [1.29, 1.82) is 0 Å².